The number of aliphatic carboxylic acids is 1. The quantitative estimate of drug-likeness (QED) is 0.141. The standard InChI is InChI=1S/C26H50O4/c1-4-5-6-14-19-24(26(29)30-22-17-12-13-18-23(2)3)20-15-10-8-7-9-11-16-21-25(27)28/h23-24H,4-22H2,1-3H3,(H,27,28). The first kappa shape index (κ1) is 28.9. The number of rotatable bonds is 22. The van der Waals surface area contributed by atoms with E-state index >= 15 is 0 Å². The summed E-state index contributed by atoms with van der Waals surface area (Å²) in [5.41, 5.74) is 0. The lowest BCUT2D eigenvalue weighted by molar-refractivity contribution is -0.149. The summed E-state index contributed by atoms with van der Waals surface area (Å²) in [7, 11) is 0. The van der Waals surface area contributed by atoms with Crippen LogP contribution in [0.5, 0.6) is 0 Å². The summed E-state index contributed by atoms with van der Waals surface area (Å²) in [6, 6.07) is 0. The Bertz CT molecular complexity index is 406. The highest BCUT2D eigenvalue weighted by Gasteiger charge is 2.19. The average Bonchev–Trinajstić information content (AvgIpc) is 2.70. The average molecular weight is 427 g/mol. The van der Waals surface area contributed by atoms with Crippen molar-refractivity contribution in [2.24, 2.45) is 11.8 Å². The van der Waals surface area contributed by atoms with Gasteiger partial charge in [0, 0.05) is 6.42 Å². The van der Waals surface area contributed by atoms with Crippen molar-refractivity contribution in [3.05, 3.63) is 0 Å². The third kappa shape index (κ3) is 20.2. The van der Waals surface area contributed by atoms with Gasteiger partial charge in [-0.2, -0.15) is 0 Å². The number of carboxylic acid groups (broad SMARTS) is 1. The molecule has 0 aliphatic heterocycles. The normalized spacial score (nSPS) is 12.3. The van der Waals surface area contributed by atoms with Crippen molar-refractivity contribution < 1.29 is 19.4 Å². The molecular weight excluding hydrogens is 376 g/mol. The zero-order chi connectivity index (χ0) is 22.5. The molecule has 0 amide bonds. The van der Waals surface area contributed by atoms with Crippen molar-refractivity contribution >= 4 is 11.9 Å². The number of hydrogen-bond donors (Lipinski definition) is 1. The summed E-state index contributed by atoms with van der Waals surface area (Å²) in [6.07, 6.45) is 19.2. The first-order valence-corrected chi connectivity index (χ1v) is 12.9. The van der Waals surface area contributed by atoms with Gasteiger partial charge in [0.25, 0.3) is 0 Å². The lowest BCUT2D eigenvalue weighted by Crippen LogP contribution is -2.18. The SMILES string of the molecule is CCCCCCC(CCCCCCCCCC(=O)O)C(=O)OCCCCCC(C)C. The maximum atomic E-state index is 12.6. The topological polar surface area (TPSA) is 63.6 Å². The molecule has 0 aliphatic carbocycles. The molecule has 178 valence electrons. The number of ether oxygens (including phenoxy) is 1. The Kier molecular flexibility index (Phi) is 20.4. The number of unbranched alkanes of at least 4 members (excludes halogenated alkanes) is 11. The van der Waals surface area contributed by atoms with Crippen LogP contribution in [0.1, 0.15) is 136 Å². The monoisotopic (exact) mass is 426 g/mol. The second kappa shape index (κ2) is 21.2. The van der Waals surface area contributed by atoms with Crippen LogP contribution in [0.3, 0.4) is 0 Å². The number of carbonyl (C=O) groups is 2. The molecular formula is C26H50O4. The van der Waals surface area contributed by atoms with Gasteiger partial charge in [0.2, 0.25) is 0 Å². The molecule has 0 saturated heterocycles. The third-order valence-corrected chi connectivity index (χ3v) is 5.85. The fourth-order valence-corrected chi connectivity index (χ4v) is 3.87. The number of hydrogen-bond acceptors (Lipinski definition) is 3. The molecule has 0 rings (SSSR count). The summed E-state index contributed by atoms with van der Waals surface area (Å²) >= 11 is 0. The minimum atomic E-state index is -0.692. The van der Waals surface area contributed by atoms with Gasteiger partial charge in [-0.05, 0) is 31.6 Å². The minimum Gasteiger partial charge on any atom is -0.481 e. The largest absolute Gasteiger partial charge is 0.481 e. The summed E-state index contributed by atoms with van der Waals surface area (Å²) in [6.45, 7) is 7.30. The van der Waals surface area contributed by atoms with Crippen molar-refractivity contribution in [1.82, 2.24) is 0 Å². The van der Waals surface area contributed by atoms with Gasteiger partial charge >= 0.3 is 11.9 Å². The zero-order valence-corrected chi connectivity index (χ0v) is 20.3. The van der Waals surface area contributed by atoms with Crippen LogP contribution in [-0.4, -0.2) is 23.7 Å². The Hall–Kier alpha value is -1.06. The lowest BCUT2D eigenvalue weighted by atomic mass is 9.94. The Balaban J connectivity index is 3.97. The van der Waals surface area contributed by atoms with Gasteiger partial charge in [-0.25, -0.2) is 0 Å². The Morgan fingerprint density at radius 3 is 1.77 bits per heavy atom. The molecule has 30 heavy (non-hydrogen) atoms. The van der Waals surface area contributed by atoms with Gasteiger partial charge in [-0.15, -0.1) is 0 Å². The van der Waals surface area contributed by atoms with Crippen LogP contribution in [0.4, 0.5) is 0 Å². The van der Waals surface area contributed by atoms with E-state index in [2.05, 4.69) is 20.8 Å². The van der Waals surface area contributed by atoms with E-state index in [0.29, 0.717) is 13.0 Å². The molecule has 1 atom stereocenters. The smallest absolute Gasteiger partial charge is 0.308 e. The second-order valence-corrected chi connectivity index (χ2v) is 9.36. The third-order valence-electron chi connectivity index (χ3n) is 5.85. The maximum absolute atomic E-state index is 12.6. The molecule has 0 saturated carbocycles. The van der Waals surface area contributed by atoms with E-state index in [1.165, 1.54) is 44.9 Å². The number of esters is 1. The van der Waals surface area contributed by atoms with Crippen LogP contribution >= 0.6 is 0 Å². The molecule has 1 unspecified atom stereocenters. The summed E-state index contributed by atoms with van der Waals surface area (Å²) in [5, 5.41) is 8.65. The van der Waals surface area contributed by atoms with Crippen molar-refractivity contribution in [2.45, 2.75) is 136 Å². The number of carboxylic acids is 1. The van der Waals surface area contributed by atoms with E-state index in [1.807, 2.05) is 0 Å². The molecule has 0 aliphatic rings. The molecule has 0 heterocycles. The van der Waals surface area contributed by atoms with E-state index in [0.717, 1.165) is 70.1 Å². The van der Waals surface area contributed by atoms with E-state index in [1.54, 1.807) is 0 Å². The van der Waals surface area contributed by atoms with Gasteiger partial charge < -0.3 is 9.84 Å². The van der Waals surface area contributed by atoms with Gasteiger partial charge in [0.05, 0.1) is 12.5 Å². The highest BCUT2D eigenvalue weighted by molar-refractivity contribution is 5.72. The second-order valence-electron chi connectivity index (χ2n) is 9.36. The highest BCUT2D eigenvalue weighted by Crippen LogP contribution is 2.21. The zero-order valence-electron chi connectivity index (χ0n) is 20.3. The van der Waals surface area contributed by atoms with Crippen molar-refractivity contribution in [3.8, 4) is 0 Å². The Morgan fingerprint density at radius 2 is 1.20 bits per heavy atom. The van der Waals surface area contributed by atoms with Crippen LogP contribution in [0.25, 0.3) is 0 Å². The molecule has 4 nitrogen and oxygen atoms in total. The fourth-order valence-electron chi connectivity index (χ4n) is 3.87. The highest BCUT2D eigenvalue weighted by atomic mass is 16.5. The van der Waals surface area contributed by atoms with Crippen LogP contribution in [-0.2, 0) is 14.3 Å². The molecule has 4 heteroatoms. The molecule has 0 aromatic rings. The molecule has 0 aromatic carbocycles. The van der Waals surface area contributed by atoms with Crippen LogP contribution in [0, 0.1) is 11.8 Å². The van der Waals surface area contributed by atoms with Crippen molar-refractivity contribution in [3.63, 3.8) is 0 Å². The first-order valence-electron chi connectivity index (χ1n) is 12.9. The summed E-state index contributed by atoms with van der Waals surface area (Å²) in [4.78, 5) is 23.1. The Labute approximate surface area is 186 Å². The molecule has 1 N–H and O–H groups in total. The summed E-state index contributed by atoms with van der Waals surface area (Å²) in [5.74, 6) is 0.171. The number of carbonyl (C=O) groups excluding carboxylic acids is 1. The van der Waals surface area contributed by atoms with Crippen LogP contribution in [0.2, 0.25) is 0 Å². The van der Waals surface area contributed by atoms with E-state index < -0.39 is 5.97 Å². The minimum absolute atomic E-state index is 0.0315. The van der Waals surface area contributed by atoms with Gasteiger partial charge in [0.1, 0.15) is 0 Å². The van der Waals surface area contributed by atoms with E-state index in [9.17, 15) is 9.59 Å². The molecule has 0 spiro atoms. The first-order chi connectivity index (χ1) is 14.5. The van der Waals surface area contributed by atoms with Crippen molar-refractivity contribution in [1.29, 1.82) is 0 Å². The summed E-state index contributed by atoms with van der Waals surface area (Å²) < 4.78 is 5.62. The van der Waals surface area contributed by atoms with Gasteiger partial charge in [0.15, 0.2) is 0 Å². The van der Waals surface area contributed by atoms with Gasteiger partial charge in [-0.3, -0.25) is 9.59 Å². The van der Waals surface area contributed by atoms with E-state index in [4.69, 9.17) is 9.84 Å². The van der Waals surface area contributed by atoms with Crippen LogP contribution < -0.4 is 0 Å². The molecule has 0 bridgehead atoms. The van der Waals surface area contributed by atoms with Crippen LogP contribution in [0.15, 0.2) is 0 Å². The lowest BCUT2D eigenvalue weighted by Gasteiger charge is -2.16. The molecule has 0 aromatic heterocycles. The molecule has 0 fully saturated rings. The predicted molar refractivity (Wildman–Crippen MR) is 126 cm³/mol. The Morgan fingerprint density at radius 1 is 0.700 bits per heavy atom. The predicted octanol–water partition coefficient (Wildman–Crippen LogP) is 7.93. The van der Waals surface area contributed by atoms with E-state index in [-0.39, 0.29) is 11.9 Å². The fraction of sp³-hybridized carbons (Fsp3) is 0.923. The van der Waals surface area contributed by atoms with Crippen molar-refractivity contribution in [2.75, 3.05) is 6.61 Å². The molecule has 0 radical (unpaired) electrons. The maximum Gasteiger partial charge on any atom is 0.308 e. The van der Waals surface area contributed by atoms with Gasteiger partial charge in [-0.1, -0.05) is 104 Å².